The van der Waals surface area contributed by atoms with Crippen LogP contribution in [0.1, 0.15) is 16.0 Å². The zero-order chi connectivity index (χ0) is 18.8. The van der Waals surface area contributed by atoms with E-state index in [1.54, 1.807) is 0 Å². The summed E-state index contributed by atoms with van der Waals surface area (Å²) in [6.45, 7) is 4.09. The molecule has 0 aliphatic heterocycles. The van der Waals surface area contributed by atoms with Gasteiger partial charge in [-0.2, -0.15) is 0 Å². The summed E-state index contributed by atoms with van der Waals surface area (Å²) in [6.07, 6.45) is -0.0178. The molecule has 0 aliphatic carbocycles. The van der Waals surface area contributed by atoms with Crippen LogP contribution >= 0.6 is 11.3 Å². The van der Waals surface area contributed by atoms with Crippen LogP contribution in [-0.4, -0.2) is 30.2 Å². The Bertz CT molecular complexity index is 943. The molecule has 1 N–H and O–H groups in total. The lowest BCUT2D eigenvalue weighted by Crippen LogP contribution is -2.07. The summed E-state index contributed by atoms with van der Waals surface area (Å²) >= 11 is 1.46. The first kappa shape index (κ1) is 18.1. The van der Waals surface area contributed by atoms with Gasteiger partial charge in [-0.1, -0.05) is 23.8 Å². The highest BCUT2D eigenvalue weighted by Crippen LogP contribution is 2.36. The summed E-state index contributed by atoms with van der Waals surface area (Å²) < 4.78 is 0. The van der Waals surface area contributed by atoms with E-state index in [1.807, 2.05) is 69.2 Å². The van der Waals surface area contributed by atoms with Gasteiger partial charge >= 0.3 is 5.97 Å². The fourth-order valence-corrected chi connectivity index (χ4v) is 4.00. The Morgan fingerprint density at radius 3 is 2.38 bits per heavy atom. The zero-order valence-electron chi connectivity index (χ0n) is 15.4. The number of hydrogen-bond donors (Lipinski definition) is 1. The number of carboxylic acid groups (broad SMARTS) is 1. The molecule has 3 aromatic rings. The van der Waals surface area contributed by atoms with Gasteiger partial charge in [0.05, 0.1) is 12.1 Å². The standard InChI is InChI=1S/C21H22N2O2S/c1-13-5-10-17(14(2)11-13)20-18(12-19(24)25)26-21(22-20)15-6-8-16(9-7-15)23(3)4/h5-11H,12H2,1-4H3,(H,24,25). The van der Waals surface area contributed by atoms with E-state index in [9.17, 15) is 9.90 Å². The van der Waals surface area contributed by atoms with E-state index < -0.39 is 5.97 Å². The van der Waals surface area contributed by atoms with Gasteiger partial charge in [-0.25, -0.2) is 4.98 Å². The topological polar surface area (TPSA) is 53.4 Å². The molecule has 1 aromatic heterocycles. The van der Waals surface area contributed by atoms with Gasteiger partial charge in [-0.15, -0.1) is 11.3 Å². The molecule has 0 amide bonds. The molecule has 0 saturated carbocycles. The summed E-state index contributed by atoms with van der Waals surface area (Å²) in [6, 6.07) is 14.3. The average Bonchev–Trinajstić information content (AvgIpc) is 2.98. The number of nitrogens with zero attached hydrogens (tertiary/aromatic N) is 2. The van der Waals surface area contributed by atoms with E-state index in [2.05, 4.69) is 6.07 Å². The van der Waals surface area contributed by atoms with Crippen LogP contribution in [0.5, 0.6) is 0 Å². The first-order valence-corrected chi connectivity index (χ1v) is 9.23. The van der Waals surface area contributed by atoms with Gasteiger partial charge in [0.1, 0.15) is 5.01 Å². The number of aromatic nitrogens is 1. The third-order valence-corrected chi connectivity index (χ3v) is 5.38. The van der Waals surface area contributed by atoms with Crippen LogP contribution in [0, 0.1) is 13.8 Å². The molecule has 0 aliphatic rings. The number of aliphatic carboxylic acids is 1. The lowest BCUT2D eigenvalue weighted by Gasteiger charge is -2.12. The normalized spacial score (nSPS) is 10.8. The molecule has 0 saturated heterocycles. The average molecular weight is 366 g/mol. The minimum atomic E-state index is -0.839. The SMILES string of the molecule is Cc1ccc(-c2nc(-c3ccc(N(C)C)cc3)sc2CC(=O)O)c(C)c1. The van der Waals surface area contributed by atoms with Gasteiger partial charge in [0.25, 0.3) is 0 Å². The highest BCUT2D eigenvalue weighted by molar-refractivity contribution is 7.15. The monoisotopic (exact) mass is 366 g/mol. The second-order valence-corrected chi connectivity index (χ2v) is 7.70. The molecule has 3 rings (SSSR count). The Balaban J connectivity index is 2.08. The Morgan fingerprint density at radius 1 is 1.12 bits per heavy atom. The van der Waals surface area contributed by atoms with E-state index in [0.717, 1.165) is 38.0 Å². The number of benzene rings is 2. The van der Waals surface area contributed by atoms with Crippen molar-refractivity contribution in [1.82, 2.24) is 4.98 Å². The lowest BCUT2D eigenvalue weighted by molar-refractivity contribution is -0.136. The summed E-state index contributed by atoms with van der Waals surface area (Å²) in [7, 11) is 4.00. The van der Waals surface area contributed by atoms with Crippen molar-refractivity contribution < 1.29 is 9.90 Å². The van der Waals surface area contributed by atoms with Crippen molar-refractivity contribution in [1.29, 1.82) is 0 Å². The maximum atomic E-state index is 11.3. The number of carboxylic acids is 1. The van der Waals surface area contributed by atoms with Crippen molar-refractivity contribution in [3.63, 3.8) is 0 Å². The van der Waals surface area contributed by atoms with Crippen LogP contribution in [-0.2, 0) is 11.2 Å². The Kier molecular flexibility index (Phi) is 5.09. The molecule has 5 heteroatoms. The fourth-order valence-electron chi connectivity index (χ4n) is 2.92. The number of carbonyl (C=O) groups is 1. The maximum Gasteiger partial charge on any atom is 0.308 e. The van der Waals surface area contributed by atoms with Crippen molar-refractivity contribution in [3.05, 3.63) is 58.5 Å². The molecule has 0 unspecified atom stereocenters. The Hall–Kier alpha value is -2.66. The second kappa shape index (κ2) is 7.30. The van der Waals surface area contributed by atoms with Crippen LogP contribution in [0.15, 0.2) is 42.5 Å². The first-order chi connectivity index (χ1) is 12.3. The Labute approximate surface area is 157 Å². The first-order valence-electron chi connectivity index (χ1n) is 8.42. The van der Waals surface area contributed by atoms with E-state index in [-0.39, 0.29) is 6.42 Å². The van der Waals surface area contributed by atoms with Gasteiger partial charge in [-0.3, -0.25) is 4.79 Å². The van der Waals surface area contributed by atoms with Gasteiger partial charge in [0.2, 0.25) is 0 Å². The molecular weight excluding hydrogens is 344 g/mol. The zero-order valence-corrected chi connectivity index (χ0v) is 16.2. The van der Waals surface area contributed by atoms with Crippen molar-refractivity contribution in [2.45, 2.75) is 20.3 Å². The van der Waals surface area contributed by atoms with Crippen molar-refractivity contribution in [2.24, 2.45) is 0 Å². The van der Waals surface area contributed by atoms with Crippen LogP contribution < -0.4 is 4.90 Å². The number of hydrogen-bond acceptors (Lipinski definition) is 4. The molecule has 2 aromatic carbocycles. The minimum absolute atomic E-state index is 0.0178. The second-order valence-electron chi connectivity index (χ2n) is 6.62. The van der Waals surface area contributed by atoms with Crippen LogP contribution in [0.3, 0.4) is 0 Å². The highest BCUT2D eigenvalue weighted by Gasteiger charge is 2.18. The van der Waals surface area contributed by atoms with E-state index >= 15 is 0 Å². The third-order valence-electron chi connectivity index (χ3n) is 4.28. The fraction of sp³-hybridized carbons (Fsp3) is 0.238. The number of aryl methyl sites for hydroxylation is 2. The van der Waals surface area contributed by atoms with Crippen LogP contribution in [0.25, 0.3) is 21.8 Å². The molecule has 0 atom stereocenters. The minimum Gasteiger partial charge on any atom is -0.481 e. The quantitative estimate of drug-likeness (QED) is 0.705. The largest absolute Gasteiger partial charge is 0.481 e. The lowest BCUT2D eigenvalue weighted by atomic mass is 10.0. The van der Waals surface area contributed by atoms with Crippen LogP contribution in [0.4, 0.5) is 5.69 Å². The third kappa shape index (κ3) is 3.78. The van der Waals surface area contributed by atoms with E-state index in [4.69, 9.17) is 4.98 Å². The Morgan fingerprint density at radius 2 is 1.81 bits per heavy atom. The summed E-state index contributed by atoms with van der Waals surface area (Å²) in [4.78, 5) is 19.0. The van der Waals surface area contributed by atoms with Gasteiger partial charge in [-0.05, 0) is 43.7 Å². The molecule has 0 fully saturated rings. The van der Waals surface area contributed by atoms with Crippen molar-refractivity contribution >= 4 is 23.0 Å². The smallest absolute Gasteiger partial charge is 0.308 e. The van der Waals surface area contributed by atoms with Gasteiger partial charge in [0.15, 0.2) is 0 Å². The van der Waals surface area contributed by atoms with Crippen LogP contribution in [0.2, 0.25) is 0 Å². The molecule has 134 valence electrons. The highest BCUT2D eigenvalue weighted by atomic mass is 32.1. The van der Waals surface area contributed by atoms with Gasteiger partial charge < -0.3 is 10.0 Å². The summed E-state index contributed by atoms with van der Waals surface area (Å²) in [5, 5.41) is 10.2. The summed E-state index contributed by atoms with van der Waals surface area (Å²) in [5.74, 6) is -0.839. The number of thiazole rings is 1. The molecule has 1 heterocycles. The van der Waals surface area contributed by atoms with E-state index in [1.165, 1.54) is 16.9 Å². The number of anilines is 1. The van der Waals surface area contributed by atoms with E-state index in [0.29, 0.717) is 0 Å². The molecule has 0 spiro atoms. The maximum absolute atomic E-state index is 11.3. The predicted molar refractivity (Wildman–Crippen MR) is 108 cm³/mol. The molecule has 4 nitrogen and oxygen atoms in total. The van der Waals surface area contributed by atoms with Gasteiger partial charge in [0, 0.05) is 35.8 Å². The summed E-state index contributed by atoms with van der Waals surface area (Å²) in [5.41, 5.74) is 6.19. The molecule has 0 radical (unpaired) electrons. The molecule has 26 heavy (non-hydrogen) atoms. The predicted octanol–water partition coefficient (Wildman–Crippen LogP) is 4.79. The number of rotatable bonds is 5. The molecular formula is C21H22N2O2S. The van der Waals surface area contributed by atoms with Crippen molar-refractivity contribution in [2.75, 3.05) is 19.0 Å². The molecule has 0 bridgehead atoms. The van der Waals surface area contributed by atoms with Crippen molar-refractivity contribution in [3.8, 4) is 21.8 Å².